The van der Waals surface area contributed by atoms with Gasteiger partial charge in [0.1, 0.15) is 5.41 Å². The van der Waals surface area contributed by atoms with Gasteiger partial charge < -0.3 is 4.90 Å². The molecule has 1 aliphatic rings. The third kappa shape index (κ3) is 1.65. The van der Waals surface area contributed by atoms with Crippen molar-refractivity contribution in [1.82, 2.24) is 4.90 Å². The molecule has 0 spiro atoms. The van der Waals surface area contributed by atoms with Crippen LogP contribution in [0.5, 0.6) is 0 Å². The van der Waals surface area contributed by atoms with E-state index in [1.165, 1.54) is 0 Å². The summed E-state index contributed by atoms with van der Waals surface area (Å²) in [6.07, 6.45) is 4.13. The van der Waals surface area contributed by atoms with Crippen LogP contribution in [0.2, 0.25) is 0 Å². The lowest BCUT2D eigenvalue weighted by Crippen LogP contribution is -2.47. The Labute approximate surface area is 85.0 Å². The van der Waals surface area contributed by atoms with Gasteiger partial charge in [-0.25, -0.2) is 0 Å². The smallest absolute Gasteiger partial charge is 0.243 e. The molecule has 1 saturated carbocycles. The van der Waals surface area contributed by atoms with Crippen molar-refractivity contribution in [1.29, 1.82) is 5.26 Å². The molecule has 0 saturated heterocycles. The fraction of sp³-hybridized carbons (Fsp3) is 0.636. The Morgan fingerprint density at radius 1 is 1.71 bits per heavy atom. The molecule has 0 N–H and O–H groups in total. The molecule has 0 radical (unpaired) electrons. The summed E-state index contributed by atoms with van der Waals surface area (Å²) in [5.74, 6) is -0.0198. The molecule has 1 amide bonds. The Hall–Kier alpha value is -1.30. The van der Waals surface area contributed by atoms with E-state index in [4.69, 9.17) is 5.26 Å². The van der Waals surface area contributed by atoms with Gasteiger partial charge in [-0.1, -0.05) is 6.08 Å². The van der Waals surface area contributed by atoms with E-state index in [9.17, 15) is 4.79 Å². The van der Waals surface area contributed by atoms with Gasteiger partial charge in [0, 0.05) is 13.1 Å². The predicted molar refractivity (Wildman–Crippen MR) is 54.3 cm³/mol. The van der Waals surface area contributed by atoms with E-state index in [1.54, 1.807) is 11.0 Å². The highest BCUT2D eigenvalue weighted by Crippen LogP contribution is 2.41. The number of hydrogen-bond acceptors (Lipinski definition) is 2. The maximum absolute atomic E-state index is 12.0. The third-order valence-corrected chi connectivity index (χ3v) is 2.85. The molecule has 0 aromatic heterocycles. The Kier molecular flexibility index (Phi) is 3.29. The topological polar surface area (TPSA) is 44.1 Å². The minimum Gasteiger partial charge on any atom is -0.338 e. The minimum absolute atomic E-state index is 0.0198. The van der Waals surface area contributed by atoms with Gasteiger partial charge in [0.2, 0.25) is 5.91 Å². The fourth-order valence-electron chi connectivity index (χ4n) is 1.72. The summed E-state index contributed by atoms with van der Waals surface area (Å²) in [5, 5.41) is 9.00. The van der Waals surface area contributed by atoms with Crippen LogP contribution in [0, 0.1) is 16.7 Å². The van der Waals surface area contributed by atoms with Crippen molar-refractivity contribution < 1.29 is 4.79 Å². The van der Waals surface area contributed by atoms with Crippen LogP contribution in [0.3, 0.4) is 0 Å². The number of likely N-dealkylation sites (N-methyl/N-ethyl adjacent to an activating group) is 1. The van der Waals surface area contributed by atoms with Crippen molar-refractivity contribution in [3.05, 3.63) is 12.7 Å². The lowest BCUT2D eigenvalue weighted by Gasteiger charge is -2.37. The van der Waals surface area contributed by atoms with Crippen LogP contribution >= 0.6 is 0 Å². The van der Waals surface area contributed by atoms with Crippen molar-refractivity contribution >= 4 is 5.91 Å². The van der Waals surface area contributed by atoms with E-state index in [2.05, 4.69) is 12.6 Å². The van der Waals surface area contributed by atoms with Crippen LogP contribution in [-0.2, 0) is 4.79 Å². The molecule has 3 heteroatoms. The number of nitriles is 1. The highest BCUT2D eigenvalue weighted by molar-refractivity contribution is 5.86. The molecule has 0 bridgehead atoms. The van der Waals surface area contributed by atoms with Crippen LogP contribution in [0.25, 0.3) is 0 Å². The minimum atomic E-state index is -0.709. The first-order chi connectivity index (χ1) is 6.70. The molecule has 1 fully saturated rings. The Morgan fingerprint density at radius 2 is 2.36 bits per heavy atom. The van der Waals surface area contributed by atoms with E-state index < -0.39 is 5.41 Å². The zero-order valence-corrected chi connectivity index (χ0v) is 8.62. The summed E-state index contributed by atoms with van der Waals surface area (Å²) in [7, 11) is 0. The average Bonchev–Trinajstić information content (AvgIpc) is 2.13. The summed E-state index contributed by atoms with van der Waals surface area (Å²) >= 11 is 0. The van der Waals surface area contributed by atoms with Gasteiger partial charge in [0.25, 0.3) is 0 Å². The van der Waals surface area contributed by atoms with E-state index in [-0.39, 0.29) is 5.91 Å². The van der Waals surface area contributed by atoms with Crippen LogP contribution < -0.4 is 0 Å². The number of nitrogens with zero attached hydrogens (tertiary/aromatic N) is 2. The van der Waals surface area contributed by atoms with Crippen molar-refractivity contribution in [3.63, 3.8) is 0 Å². The largest absolute Gasteiger partial charge is 0.338 e. The SMILES string of the molecule is C=CCN(CC)C(=O)C1(C#N)CCC1. The van der Waals surface area contributed by atoms with E-state index >= 15 is 0 Å². The van der Waals surface area contributed by atoms with Gasteiger partial charge >= 0.3 is 0 Å². The maximum atomic E-state index is 12.0. The molecule has 0 aromatic rings. The van der Waals surface area contributed by atoms with Crippen LogP contribution in [-0.4, -0.2) is 23.9 Å². The molecular formula is C11H16N2O. The summed E-state index contributed by atoms with van der Waals surface area (Å²) in [6, 6.07) is 2.16. The number of amides is 1. The van der Waals surface area contributed by atoms with Crippen LogP contribution in [0.15, 0.2) is 12.7 Å². The Morgan fingerprint density at radius 3 is 2.64 bits per heavy atom. The molecule has 0 aromatic carbocycles. The zero-order chi connectivity index (χ0) is 10.6. The van der Waals surface area contributed by atoms with Gasteiger partial charge in [-0.05, 0) is 26.2 Å². The van der Waals surface area contributed by atoms with Crippen LogP contribution in [0.1, 0.15) is 26.2 Å². The Balaban J connectivity index is 2.71. The number of rotatable bonds is 4. The maximum Gasteiger partial charge on any atom is 0.243 e. The fourth-order valence-corrected chi connectivity index (χ4v) is 1.72. The number of carbonyl (C=O) groups is 1. The van der Waals surface area contributed by atoms with Gasteiger partial charge in [-0.2, -0.15) is 5.26 Å². The molecule has 0 heterocycles. The van der Waals surface area contributed by atoms with E-state index in [0.29, 0.717) is 13.1 Å². The molecule has 76 valence electrons. The highest BCUT2D eigenvalue weighted by Gasteiger charge is 2.46. The van der Waals surface area contributed by atoms with Crippen molar-refractivity contribution in [2.24, 2.45) is 5.41 Å². The molecule has 1 rings (SSSR count). The lowest BCUT2D eigenvalue weighted by molar-refractivity contribution is -0.142. The van der Waals surface area contributed by atoms with Gasteiger partial charge in [-0.15, -0.1) is 6.58 Å². The second kappa shape index (κ2) is 4.28. The molecular weight excluding hydrogens is 176 g/mol. The van der Waals surface area contributed by atoms with Gasteiger partial charge in [-0.3, -0.25) is 4.79 Å². The van der Waals surface area contributed by atoms with Crippen molar-refractivity contribution in [2.45, 2.75) is 26.2 Å². The molecule has 0 unspecified atom stereocenters. The monoisotopic (exact) mass is 192 g/mol. The molecule has 3 nitrogen and oxygen atoms in total. The van der Waals surface area contributed by atoms with Crippen LogP contribution in [0.4, 0.5) is 0 Å². The second-order valence-corrected chi connectivity index (χ2v) is 3.68. The summed E-state index contributed by atoms with van der Waals surface area (Å²) in [6.45, 7) is 6.72. The predicted octanol–water partition coefficient (Wildman–Crippen LogP) is 1.71. The summed E-state index contributed by atoms with van der Waals surface area (Å²) in [5.41, 5.74) is -0.709. The van der Waals surface area contributed by atoms with Crippen molar-refractivity contribution in [2.75, 3.05) is 13.1 Å². The van der Waals surface area contributed by atoms with Gasteiger partial charge in [0.05, 0.1) is 6.07 Å². The molecule has 14 heavy (non-hydrogen) atoms. The number of carbonyl (C=O) groups excluding carboxylic acids is 1. The first kappa shape index (κ1) is 10.8. The molecule has 1 aliphatic carbocycles. The van der Waals surface area contributed by atoms with E-state index in [0.717, 1.165) is 19.3 Å². The summed E-state index contributed by atoms with van der Waals surface area (Å²) < 4.78 is 0. The first-order valence-electron chi connectivity index (χ1n) is 5.01. The number of hydrogen-bond donors (Lipinski definition) is 0. The quantitative estimate of drug-likeness (QED) is 0.636. The molecule has 0 atom stereocenters. The summed E-state index contributed by atoms with van der Waals surface area (Å²) in [4.78, 5) is 13.6. The average molecular weight is 192 g/mol. The zero-order valence-electron chi connectivity index (χ0n) is 8.62. The van der Waals surface area contributed by atoms with E-state index in [1.807, 2.05) is 6.92 Å². The first-order valence-corrected chi connectivity index (χ1v) is 5.01. The molecule has 0 aliphatic heterocycles. The third-order valence-electron chi connectivity index (χ3n) is 2.85. The van der Waals surface area contributed by atoms with Crippen molar-refractivity contribution in [3.8, 4) is 6.07 Å². The second-order valence-electron chi connectivity index (χ2n) is 3.68. The standard InChI is InChI=1S/C11H16N2O/c1-3-8-13(4-2)10(14)11(9-12)6-5-7-11/h3H,1,4-8H2,2H3. The van der Waals surface area contributed by atoms with Gasteiger partial charge in [0.15, 0.2) is 0 Å². The lowest BCUT2D eigenvalue weighted by atomic mass is 9.69. The highest BCUT2D eigenvalue weighted by atomic mass is 16.2. The normalized spacial score (nSPS) is 17.7. The Bertz CT molecular complexity index is 274.